The van der Waals surface area contributed by atoms with E-state index >= 15 is 0 Å². The van der Waals surface area contributed by atoms with Gasteiger partial charge in [0.2, 0.25) is 11.7 Å². The van der Waals surface area contributed by atoms with E-state index in [2.05, 4.69) is 15.0 Å². The van der Waals surface area contributed by atoms with Crippen LogP contribution in [-0.4, -0.2) is 47.1 Å². The van der Waals surface area contributed by atoms with Gasteiger partial charge < -0.3 is 14.0 Å². The number of halogens is 1. The monoisotopic (exact) mass is 347 g/mol. The molecule has 7 heteroatoms. The predicted octanol–water partition coefficient (Wildman–Crippen LogP) is 3.08. The molecule has 0 radical (unpaired) electrons. The summed E-state index contributed by atoms with van der Waals surface area (Å²) in [6, 6.07) is 4.95. The number of piperidine rings is 1. The molecule has 0 aliphatic carbocycles. The zero-order valence-electron chi connectivity index (χ0n) is 14.5. The van der Waals surface area contributed by atoms with Crippen LogP contribution < -0.4 is 0 Å². The molecule has 4 rings (SSSR count). The number of likely N-dealkylation sites (tertiary alicyclic amines) is 1. The molecular weight excluding hydrogens is 325 g/mol. The van der Waals surface area contributed by atoms with E-state index in [1.165, 1.54) is 6.07 Å². The molecule has 1 atom stereocenters. The van der Waals surface area contributed by atoms with Gasteiger partial charge >= 0.3 is 0 Å². The fraction of sp³-hybridized carbons (Fsp3) is 0.556. The van der Waals surface area contributed by atoms with Gasteiger partial charge in [-0.15, -0.1) is 0 Å². The Hall–Kier alpha value is -1.83. The van der Waals surface area contributed by atoms with Crippen molar-refractivity contribution >= 4 is 0 Å². The summed E-state index contributed by atoms with van der Waals surface area (Å²) in [4.78, 5) is 6.75. The van der Waals surface area contributed by atoms with Crippen molar-refractivity contribution in [2.75, 3.05) is 26.3 Å². The summed E-state index contributed by atoms with van der Waals surface area (Å²) in [6.45, 7) is 6.81. The van der Waals surface area contributed by atoms with Crippen LogP contribution in [-0.2, 0) is 9.47 Å². The molecule has 2 aliphatic heterocycles. The second-order valence-corrected chi connectivity index (χ2v) is 6.74. The maximum Gasteiger partial charge on any atom is 0.244 e. The fourth-order valence-electron chi connectivity index (χ4n) is 3.45. The Morgan fingerprint density at radius 2 is 1.92 bits per heavy atom. The Bertz CT molecular complexity index is 748. The molecule has 1 spiro atoms. The predicted molar refractivity (Wildman–Crippen MR) is 88.3 cm³/mol. The lowest BCUT2D eigenvalue weighted by atomic mass is 10.0. The van der Waals surface area contributed by atoms with Crippen LogP contribution >= 0.6 is 0 Å². The highest BCUT2D eigenvalue weighted by Gasteiger charge is 2.41. The number of nitrogens with zero attached hydrogens (tertiary/aromatic N) is 3. The minimum atomic E-state index is -0.393. The zero-order chi connectivity index (χ0) is 17.4. The van der Waals surface area contributed by atoms with Crippen LogP contribution in [0.2, 0.25) is 0 Å². The first-order valence-corrected chi connectivity index (χ1v) is 8.68. The van der Waals surface area contributed by atoms with Crippen molar-refractivity contribution in [3.05, 3.63) is 35.5 Å². The molecule has 0 bridgehead atoms. The van der Waals surface area contributed by atoms with Gasteiger partial charge in [-0.25, -0.2) is 4.39 Å². The van der Waals surface area contributed by atoms with Gasteiger partial charge in [0, 0.05) is 31.5 Å². The molecule has 0 amide bonds. The van der Waals surface area contributed by atoms with Gasteiger partial charge in [0.05, 0.1) is 19.3 Å². The minimum absolute atomic E-state index is 0.00435. The minimum Gasteiger partial charge on any atom is -0.347 e. The molecule has 134 valence electrons. The second-order valence-electron chi connectivity index (χ2n) is 6.74. The first kappa shape index (κ1) is 16.6. The Morgan fingerprint density at radius 1 is 1.20 bits per heavy atom. The lowest BCUT2D eigenvalue weighted by molar-refractivity contribution is -0.188. The molecule has 1 aromatic heterocycles. The Kier molecular flexibility index (Phi) is 4.31. The summed E-state index contributed by atoms with van der Waals surface area (Å²) < 4.78 is 30.7. The summed E-state index contributed by atoms with van der Waals surface area (Å²) in [6.07, 6.45) is 1.67. The van der Waals surface area contributed by atoms with Crippen LogP contribution in [0.1, 0.15) is 37.3 Å². The van der Waals surface area contributed by atoms with Crippen LogP contribution in [0.4, 0.5) is 4.39 Å². The van der Waals surface area contributed by atoms with Crippen LogP contribution in [0.3, 0.4) is 0 Å². The molecule has 2 saturated heterocycles. The standard InChI is InChI=1S/C18H22FN3O3/c1-12-3-4-14(11-15(12)19)16-20-17(25-21-16)13(2)22-7-5-18(6-8-22)23-9-10-24-18/h3-4,11,13H,5-10H2,1-2H3/t13-/m0/s1. The Labute approximate surface area is 145 Å². The SMILES string of the molecule is Cc1ccc(-c2noc([C@H](C)N3CCC4(CC3)OCCO4)n2)cc1F. The number of benzene rings is 1. The van der Waals surface area contributed by atoms with Crippen molar-refractivity contribution < 1.29 is 18.4 Å². The van der Waals surface area contributed by atoms with Crippen LogP contribution in [0, 0.1) is 12.7 Å². The Balaban J connectivity index is 1.45. The van der Waals surface area contributed by atoms with E-state index < -0.39 is 5.79 Å². The van der Waals surface area contributed by atoms with Gasteiger partial charge in [-0.1, -0.05) is 17.3 Å². The summed E-state index contributed by atoms with van der Waals surface area (Å²) in [5, 5.41) is 4.02. The number of rotatable bonds is 3. The molecule has 3 heterocycles. The largest absolute Gasteiger partial charge is 0.347 e. The maximum absolute atomic E-state index is 13.7. The topological polar surface area (TPSA) is 60.6 Å². The summed E-state index contributed by atoms with van der Waals surface area (Å²) in [7, 11) is 0. The van der Waals surface area contributed by atoms with Gasteiger partial charge in [-0.05, 0) is 25.5 Å². The third-order valence-electron chi connectivity index (χ3n) is 5.15. The quantitative estimate of drug-likeness (QED) is 0.850. The first-order valence-electron chi connectivity index (χ1n) is 8.68. The third-order valence-corrected chi connectivity index (χ3v) is 5.15. The summed E-state index contributed by atoms with van der Waals surface area (Å²) >= 11 is 0. The molecule has 2 fully saturated rings. The number of aromatic nitrogens is 2. The van der Waals surface area contributed by atoms with E-state index in [-0.39, 0.29) is 11.9 Å². The van der Waals surface area contributed by atoms with Gasteiger partial charge in [0.15, 0.2) is 5.79 Å². The molecule has 0 saturated carbocycles. The number of hydrogen-bond donors (Lipinski definition) is 0. The van der Waals surface area contributed by atoms with E-state index in [1.54, 1.807) is 19.1 Å². The van der Waals surface area contributed by atoms with Gasteiger partial charge in [-0.2, -0.15) is 4.98 Å². The van der Waals surface area contributed by atoms with Gasteiger partial charge in [-0.3, -0.25) is 4.90 Å². The second kappa shape index (κ2) is 6.48. The molecule has 25 heavy (non-hydrogen) atoms. The molecule has 0 N–H and O–H groups in total. The highest BCUT2D eigenvalue weighted by molar-refractivity contribution is 5.54. The normalized spacial score (nSPS) is 21.7. The Morgan fingerprint density at radius 3 is 2.60 bits per heavy atom. The van der Waals surface area contributed by atoms with Crippen molar-refractivity contribution in [3.63, 3.8) is 0 Å². The highest BCUT2D eigenvalue weighted by atomic mass is 19.1. The molecule has 0 unspecified atom stereocenters. The summed E-state index contributed by atoms with van der Waals surface area (Å²) in [5.41, 5.74) is 1.22. The van der Waals surface area contributed by atoms with E-state index in [0.29, 0.717) is 36.1 Å². The van der Waals surface area contributed by atoms with Gasteiger partial charge in [0.25, 0.3) is 0 Å². The number of ether oxygens (including phenoxy) is 2. The van der Waals surface area contributed by atoms with Crippen LogP contribution in [0.5, 0.6) is 0 Å². The van der Waals surface area contributed by atoms with Crippen molar-refractivity contribution in [2.24, 2.45) is 0 Å². The average Bonchev–Trinajstić information content (AvgIpc) is 3.28. The zero-order valence-corrected chi connectivity index (χ0v) is 14.5. The molecule has 2 aromatic rings. The smallest absolute Gasteiger partial charge is 0.244 e. The van der Waals surface area contributed by atoms with E-state index in [9.17, 15) is 4.39 Å². The van der Waals surface area contributed by atoms with Crippen molar-refractivity contribution in [1.29, 1.82) is 0 Å². The maximum atomic E-state index is 13.7. The summed E-state index contributed by atoms with van der Waals surface area (Å²) in [5.74, 6) is 0.294. The third kappa shape index (κ3) is 3.19. The number of aryl methyl sites for hydroxylation is 1. The van der Waals surface area contributed by atoms with Crippen molar-refractivity contribution in [2.45, 2.75) is 38.5 Å². The van der Waals surface area contributed by atoms with E-state index in [4.69, 9.17) is 14.0 Å². The van der Waals surface area contributed by atoms with Gasteiger partial charge in [0.1, 0.15) is 5.82 Å². The lowest BCUT2D eigenvalue weighted by Gasteiger charge is -2.39. The van der Waals surface area contributed by atoms with Crippen molar-refractivity contribution in [3.8, 4) is 11.4 Å². The van der Waals surface area contributed by atoms with E-state index in [0.717, 1.165) is 25.9 Å². The molecule has 2 aliphatic rings. The molecular formula is C18H22FN3O3. The molecule has 6 nitrogen and oxygen atoms in total. The number of hydrogen-bond acceptors (Lipinski definition) is 6. The first-order chi connectivity index (χ1) is 12.1. The van der Waals surface area contributed by atoms with Crippen LogP contribution in [0.25, 0.3) is 11.4 Å². The van der Waals surface area contributed by atoms with Crippen molar-refractivity contribution in [1.82, 2.24) is 15.0 Å². The van der Waals surface area contributed by atoms with E-state index in [1.807, 2.05) is 6.92 Å². The van der Waals surface area contributed by atoms with Crippen LogP contribution in [0.15, 0.2) is 22.7 Å². The lowest BCUT2D eigenvalue weighted by Crippen LogP contribution is -2.45. The highest BCUT2D eigenvalue weighted by Crippen LogP contribution is 2.34. The average molecular weight is 347 g/mol. The fourth-order valence-corrected chi connectivity index (χ4v) is 3.45. The molecule has 1 aromatic carbocycles.